The van der Waals surface area contributed by atoms with Gasteiger partial charge in [-0.15, -0.1) is 0 Å². The molecule has 0 aromatic heterocycles. The average Bonchev–Trinajstić information content (AvgIpc) is 2.22. The van der Waals surface area contributed by atoms with Gasteiger partial charge in [0, 0.05) is 0 Å². The first-order valence-corrected chi connectivity index (χ1v) is 7.45. The van der Waals surface area contributed by atoms with Gasteiger partial charge >= 0.3 is 0 Å². The van der Waals surface area contributed by atoms with E-state index in [4.69, 9.17) is 9.47 Å². The second kappa shape index (κ2) is 6.38. The van der Waals surface area contributed by atoms with Crippen LogP contribution in [0.15, 0.2) is 0 Å². The molecule has 1 saturated carbocycles. The maximum atomic E-state index is 5.98. The van der Waals surface area contributed by atoms with Crippen molar-refractivity contribution in [2.45, 2.75) is 78.4 Å². The van der Waals surface area contributed by atoms with Crippen molar-refractivity contribution in [2.75, 3.05) is 13.2 Å². The summed E-state index contributed by atoms with van der Waals surface area (Å²) in [6, 6.07) is 0. The van der Waals surface area contributed by atoms with Crippen LogP contribution in [0.25, 0.3) is 0 Å². The molecule has 1 aliphatic rings. The average molecular weight is 256 g/mol. The Hall–Kier alpha value is -0.0800. The van der Waals surface area contributed by atoms with E-state index in [1.54, 1.807) is 0 Å². The fraction of sp³-hybridized carbons (Fsp3) is 1.00. The molecule has 2 heteroatoms. The number of rotatable bonds is 4. The molecule has 2 atom stereocenters. The van der Waals surface area contributed by atoms with Gasteiger partial charge in [-0.25, -0.2) is 0 Å². The summed E-state index contributed by atoms with van der Waals surface area (Å²) in [7, 11) is 0. The summed E-state index contributed by atoms with van der Waals surface area (Å²) in [5, 5.41) is 0. The molecule has 18 heavy (non-hydrogen) atoms. The molecule has 108 valence electrons. The van der Waals surface area contributed by atoms with Gasteiger partial charge in [-0.2, -0.15) is 0 Å². The van der Waals surface area contributed by atoms with Crippen LogP contribution in [0.3, 0.4) is 0 Å². The summed E-state index contributed by atoms with van der Waals surface area (Å²) in [5.74, 6) is 1.36. The van der Waals surface area contributed by atoms with Crippen molar-refractivity contribution < 1.29 is 9.47 Å². The van der Waals surface area contributed by atoms with Gasteiger partial charge in [-0.3, -0.25) is 0 Å². The molecule has 0 aromatic carbocycles. The molecule has 2 nitrogen and oxygen atoms in total. The van der Waals surface area contributed by atoms with Gasteiger partial charge in [0.1, 0.15) is 0 Å². The van der Waals surface area contributed by atoms with Gasteiger partial charge in [0.05, 0.1) is 24.4 Å². The number of ether oxygens (including phenoxy) is 2. The smallest absolute Gasteiger partial charge is 0.0598 e. The van der Waals surface area contributed by atoms with Crippen molar-refractivity contribution in [2.24, 2.45) is 11.8 Å². The Bertz CT molecular complexity index is 208. The summed E-state index contributed by atoms with van der Waals surface area (Å²) in [6.07, 6.45) is 5.30. The van der Waals surface area contributed by atoms with Crippen LogP contribution < -0.4 is 0 Å². The van der Waals surface area contributed by atoms with Crippen molar-refractivity contribution in [1.29, 1.82) is 0 Å². The zero-order valence-electron chi connectivity index (χ0n) is 13.2. The lowest BCUT2D eigenvalue weighted by atomic mass is 9.80. The van der Waals surface area contributed by atoms with Crippen LogP contribution in [0, 0.1) is 11.8 Å². The van der Waals surface area contributed by atoms with Gasteiger partial charge in [0.15, 0.2) is 0 Å². The van der Waals surface area contributed by atoms with Crippen molar-refractivity contribution in [3.8, 4) is 0 Å². The van der Waals surface area contributed by atoms with E-state index in [9.17, 15) is 0 Å². The quantitative estimate of drug-likeness (QED) is 0.741. The van der Waals surface area contributed by atoms with Gasteiger partial charge in [-0.05, 0) is 66.2 Å². The van der Waals surface area contributed by atoms with E-state index >= 15 is 0 Å². The van der Waals surface area contributed by atoms with Crippen molar-refractivity contribution in [3.05, 3.63) is 0 Å². The summed E-state index contributed by atoms with van der Waals surface area (Å²) < 4.78 is 12.0. The summed E-state index contributed by atoms with van der Waals surface area (Å²) in [5.41, 5.74) is -0.0419. The van der Waals surface area contributed by atoms with Gasteiger partial charge in [0.2, 0.25) is 0 Å². The highest BCUT2D eigenvalue weighted by Gasteiger charge is 2.28. The summed E-state index contributed by atoms with van der Waals surface area (Å²) in [6.45, 7) is 14.6. The van der Waals surface area contributed by atoms with E-state index in [1.165, 1.54) is 25.7 Å². The molecular weight excluding hydrogens is 224 g/mol. The Morgan fingerprint density at radius 1 is 0.722 bits per heavy atom. The second-order valence-corrected chi connectivity index (χ2v) is 7.65. The molecule has 1 aliphatic carbocycles. The van der Waals surface area contributed by atoms with E-state index in [1.807, 2.05) is 0 Å². The lowest BCUT2D eigenvalue weighted by Crippen LogP contribution is -2.33. The van der Waals surface area contributed by atoms with Crippen molar-refractivity contribution in [3.63, 3.8) is 0 Å². The lowest BCUT2D eigenvalue weighted by molar-refractivity contribution is -0.0730. The van der Waals surface area contributed by atoms with Crippen LogP contribution in [-0.4, -0.2) is 24.4 Å². The Morgan fingerprint density at radius 3 is 1.33 bits per heavy atom. The number of hydrogen-bond acceptors (Lipinski definition) is 2. The number of hydrogen-bond donors (Lipinski definition) is 0. The molecule has 2 unspecified atom stereocenters. The topological polar surface area (TPSA) is 18.5 Å². The van der Waals surface area contributed by atoms with Gasteiger partial charge in [-0.1, -0.05) is 12.8 Å². The molecule has 0 saturated heterocycles. The highest BCUT2D eigenvalue weighted by molar-refractivity contribution is 4.77. The van der Waals surface area contributed by atoms with Crippen molar-refractivity contribution in [1.82, 2.24) is 0 Å². The molecule has 1 fully saturated rings. The van der Waals surface area contributed by atoms with Crippen molar-refractivity contribution >= 4 is 0 Å². The fourth-order valence-corrected chi connectivity index (χ4v) is 2.44. The summed E-state index contributed by atoms with van der Waals surface area (Å²) in [4.78, 5) is 0. The molecule has 0 N–H and O–H groups in total. The van der Waals surface area contributed by atoms with E-state index in [2.05, 4.69) is 41.5 Å². The van der Waals surface area contributed by atoms with E-state index in [0.29, 0.717) is 11.8 Å². The molecule has 0 aliphatic heterocycles. The van der Waals surface area contributed by atoms with E-state index in [0.717, 1.165) is 13.2 Å². The summed E-state index contributed by atoms with van der Waals surface area (Å²) >= 11 is 0. The zero-order valence-corrected chi connectivity index (χ0v) is 13.2. The maximum absolute atomic E-state index is 5.98. The third kappa shape index (κ3) is 6.75. The van der Waals surface area contributed by atoms with E-state index in [-0.39, 0.29) is 11.2 Å². The molecule has 0 aromatic rings. The first-order valence-electron chi connectivity index (χ1n) is 7.45. The third-order valence-corrected chi connectivity index (χ3v) is 3.53. The molecule has 1 rings (SSSR count). The molecule has 0 heterocycles. The Morgan fingerprint density at radius 2 is 1.06 bits per heavy atom. The van der Waals surface area contributed by atoms with Gasteiger partial charge < -0.3 is 9.47 Å². The SMILES string of the molecule is CC(C)(C)OCC1CCCCC1COC(C)(C)C. The molecular formula is C16H32O2. The Kier molecular flexibility index (Phi) is 5.67. The molecule has 0 bridgehead atoms. The third-order valence-electron chi connectivity index (χ3n) is 3.53. The van der Waals surface area contributed by atoms with Crippen LogP contribution >= 0.6 is 0 Å². The lowest BCUT2D eigenvalue weighted by Gasteiger charge is -2.35. The highest BCUT2D eigenvalue weighted by Crippen LogP contribution is 2.32. The normalized spacial score (nSPS) is 26.3. The highest BCUT2D eigenvalue weighted by atomic mass is 16.5. The molecule has 0 spiro atoms. The molecule has 0 radical (unpaired) electrons. The largest absolute Gasteiger partial charge is 0.376 e. The first kappa shape index (κ1) is 16.0. The fourth-order valence-electron chi connectivity index (χ4n) is 2.44. The Labute approximate surface area is 113 Å². The minimum Gasteiger partial charge on any atom is -0.376 e. The van der Waals surface area contributed by atoms with Gasteiger partial charge in [0.25, 0.3) is 0 Å². The minimum atomic E-state index is -0.0210. The standard InChI is InChI=1S/C16H32O2/c1-15(2,3)17-11-13-9-7-8-10-14(13)12-18-16(4,5)6/h13-14H,7-12H2,1-6H3. The van der Waals surface area contributed by atoms with Crippen LogP contribution in [0.4, 0.5) is 0 Å². The first-order chi connectivity index (χ1) is 8.17. The van der Waals surface area contributed by atoms with Crippen LogP contribution in [-0.2, 0) is 9.47 Å². The Balaban J connectivity index is 2.42. The van der Waals surface area contributed by atoms with Crippen LogP contribution in [0.1, 0.15) is 67.2 Å². The maximum Gasteiger partial charge on any atom is 0.0598 e. The predicted octanol–water partition coefficient (Wildman–Crippen LogP) is 4.42. The van der Waals surface area contributed by atoms with E-state index < -0.39 is 0 Å². The monoisotopic (exact) mass is 256 g/mol. The zero-order chi connectivity index (χ0) is 13.8. The predicted molar refractivity (Wildman–Crippen MR) is 76.9 cm³/mol. The minimum absolute atomic E-state index is 0.0210. The molecule has 0 amide bonds. The second-order valence-electron chi connectivity index (χ2n) is 7.65. The van der Waals surface area contributed by atoms with Crippen LogP contribution in [0.5, 0.6) is 0 Å². The van der Waals surface area contributed by atoms with Crippen LogP contribution in [0.2, 0.25) is 0 Å².